The molecule has 3 aromatic rings. The molecule has 42 heavy (non-hydrogen) atoms. The van der Waals surface area contributed by atoms with Gasteiger partial charge in [0.25, 0.3) is 10.0 Å². The van der Waals surface area contributed by atoms with Gasteiger partial charge in [-0.1, -0.05) is 66.7 Å². The summed E-state index contributed by atoms with van der Waals surface area (Å²) >= 11 is 12.5. The second kappa shape index (κ2) is 14.3. The summed E-state index contributed by atoms with van der Waals surface area (Å²) in [6.07, 6.45) is 4.99. The van der Waals surface area contributed by atoms with E-state index in [2.05, 4.69) is 5.32 Å². The van der Waals surface area contributed by atoms with E-state index in [-0.39, 0.29) is 23.4 Å². The Balaban J connectivity index is 1.67. The second-order valence-electron chi connectivity index (χ2n) is 10.3. The SMILES string of the molecule is COc1ccc(S(=O)(=O)N(CC(=O)N(Cc2ccc(Cl)cc2Cl)C(C)C(=O)NC2CCCCC2)c2ccccc2)cc1. The van der Waals surface area contributed by atoms with Crippen LogP contribution in [-0.4, -0.2) is 50.9 Å². The second-order valence-corrected chi connectivity index (χ2v) is 13.0. The molecule has 0 bridgehead atoms. The summed E-state index contributed by atoms with van der Waals surface area (Å²) in [5.41, 5.74) is 0.890. The number of nitrogens with zero attached hydrogens (tertiary/aromatic N) is 2. The van der Waals surface area contributed by atoms with Crippen LogP contribution in [0.15, 0.2) is 77.7 Å². The maximum absolute atomic E-state index is 14.1. The number of halogens is 2. The Kier molecular flexibility index (Phi) is 10.8. The molecule has 0 spiro atoms. The van der Waals surface area contributed by atoms with Crippen molar-refractivity contribution in [2.45, 2.75) is 62.6 Å². The van der Waals surface area contributed by atoms with Crippen LogP contribution in [0.3, 0.4) is 0 Å². The average Bonchev–Trinajstić information content (AvgIpc) is 3.00. The number of sulfonamides is 1. The molecule has 11 heteroatoms. The highest BCUT2D eigenvalue weighted by Gasteiger charge is 2.33. The molecule has 1 aliphatic carbocycles. The van der Waals surface area contributed by atoms with Gasteiger partial charge in [-0.15, -0.1) is 0 Å². The zero-order valence-electron chi connectivity index (χ0n) is 23.6. The van der Waals surface area contributed by atoms with Crippen LogP contribution in [0, 0.1) is 0 Å². The first-order valence-electron chi connectivity index (χ1n) is 13.9. The molecule has 1 saturated carbocycles. The zero-order valence-corrected chi connectivity index (χ0v) is 26.0. The molecule has 0 aromatic heterocycles. The number of carbonyl (C=O) groups excluding carboxylic acids is 2. The van der Waals surface area contributed by atoms with Gasteiger partial charge in [-0.3, -0.25) is 13.9 Å². The molecule has 2 amide bonds. The number of anilines is 1. The Morgan fingerprint density at radius 2 is 1.64 bits per heavy atom. The lowest BCUT2D eigenvalue weighted by Gasteiger charge is -2.33. The third-order valence-electron chi connectivity index (χ3n) is 7.45. The Morgan fingerprint density at radius 1 is 0.976 bits per heavy atom. The average molecular weight is 633 g/mol. The minimum atomic E-state index is -4.18. The lowest BCUT2D eigenvalue weighted by atomic mass is 9.95. The van der Waals surface area contributed by atoms with Gasteiger partial charge in [-0.2, -0.15) is 0 Å². The van der Waals surface area contributed by atoms with Gasteiger partial charge in [0, 0.05) is 22.6 Å². The first-order chi connectivity index (χ1) is 20.1. The molecule has 0 saturated heterocycles. The van der Waals surface area contributed by atoms with Crippen molar-refractivity contribution in [1.82, 2.24) is 10.2 Å². The van der Waals surface area contributed by atoms with Crippen molar-refractivity contribution in [2.75, 3.05) is 18.0 Å². The summed E-state index contributed by atoms with van der Waals surface area (Å²) in [7, 11) is -2.69. The van der Waals surface area contributed by atoms with E-state index in [1.54, 1.807) is 67.6 Å². The van der Waals surface area contributed by atoms with Crippen molar-refractivity contribution in [2.24, 2.45) is 0 Å². The monoisotopic (exact) mass is 631 g/mol. The number of amides is 2. The zero-order chi connectivity index (χ0) is 30.3. The van der Waals surface area contributed by atoms with E-state index in [0.717, 1.165) is 36.4 Å². The van der Waals surface area contributed by atoms with Crippen molar-refractivity contribution < 1.29 is 22.7 Å². The van der Waals surface area contributed by atoms with Crippen LogP contribution in [0.5, 0.6) is 5.75 Å². The van der Waals surface area contributed by atoms with E-state index in [4.69, 9.17) is 27.9 Å². The molecule has 8 nitrogen and oxygen atoms in total. The quantitative estimate of drug-likeness (QED) is 0.277. The van der Waals surface area contributed by atoms with Crippen LogP contribution in [0.1, 0.15) is 44.6 Å². The highest BCUT2D eigenvalue weighted by Crippen LogP contribution is 2.27. The Morgan fingerprint density at radius 3 is 2.26 bits per heavy atom. The van der Waals surface area contributed by atoms with E-state index >= 15 is 0 Å². The molecule has 1 unspecified atom stereocenters. The molecular formula is C31H35Cl2N3O5S. The number of methoxy groups -OCH3 is 1. The number of ether oxygens (including phenoxy) is 1. The van der Waals surface area contributed by atoms with Crippen molar-refractivity contribution in [3.63, 3.8) is 0 Å². The van der Waals surface area contributed by atoms with Gasteiger partial charge >= 0.3 is 0 Å². The maximum Gasteiger partial charge on any atom is 0.264 e. The van der Waals surface area contributed by atoms with Gasteiger partial charge in [0.05, 0.1) is 17.7 Å². The maximum atomic E-state index is 14.1. The molecule has 0 aliphatic heterocycles. The fraction of sp³-hybridized carbons (Fsp3) is 0.355. The van der Waals surface area contributed by atoms with Crippen LogP contribution < -0.4 is 14.4 Å². The number of hydrogen-bond donors (Lipinski definition) is 1. The Bertz CT molecular complexity index is 1480. The number of nitrogens with one attached hydrogen (secondary N) is 1. The highest BCUT2D eigenvalue weighted by atomic mass is 35.5. The first-order valence-corrected chi connectivity index (χ1v) is 16.1. The highest BCUT2D eigenvalue weighted by molar-refractivity contribution is 7.92. The van der Waals surface area contributed by atoms with E-state index in [0.29, 0.717) is 27.0 Å². The number of rotatable bonds is 11. The molecule has 1 aliphatic rings. The summed E-state index contributed by atoms with van der Waals surface area (Å²) < 4.78 is 34.0. The van der Waals surface area contributed by atoms with E-state index in [1.807, 2.05) is 0 Å². The molecule has 0 heterocycles. The van der Waals surface area contributed by atoms with Gasteiger partial charge in [-0.25, -0.2) is 8.42 Å². The molecule has 1 atom stereocenters. The summed E-state index contributed by atoms with van der Waals surface area (Å²) in [6, 6.07) is 18.4. The van der Waals surface area contributed by atoms with Crippen molar-refractivity contribution in [3.05, 3.63) is 88.4 Å². The van der Waals surface area contributed by atoms with Gasteiger partial charge in [-0.05, 0) is 73.9 Å². The minimum Gasteiger partial charge on any atom is -0.497 e. The minimum absolute atomic E-state index is 0.00432. The standard InChI is InChI=1S/C31H35Cl2N3O5S/c1-22(31(38)34-25-9-5-3-6-10-25)35(20-23-13-14-24(32)19-29(23)33)30(37)21-36(26-11-7-4-8-12-26)42(39,40)28-17-15-27(41-2)16-18-28/h4,7-8,11-19,22,25H,3,5-6,9-10,20-21H2,1-2H3,(H,34,38). The van der Waals surface area contributed by atoms with Crippen LogP contribution in [0.25, 0.3) is 0 Å². The van der Waals surface area contributed by atoms with Crippen LogP contribution in [-0.2, 0) is 26.2 Å². The summed E-state index contributed by atoms with van der Waals surface area (Å²) in [5, 5.41) is 3.86. The lowest BCUT2D eigenvalue weighted by molar-refractivity contribution is -0.139. The van der Waals surface area contributed by atoms with Crippen LogP contribution in [0.4, 0.5) is 5.69 Å². The molecule has 1 N–H and O–H groups in total. The van der Waals surface area contributed by atoms with Crippen molar-refractivity contribution >= 4 is 50.7 Å². The summed E-state index contributed by atoms with van der Waals surface area (Å²) in [5.74, 6) is -0.363. The van der Waals surface area contributed by atoms with E-state index in [1.165, 1.54) is 24.1 Å². The van der Waals surface area contributed by atoms with Crippen molar-refractivity contribution in [3.8, 4) is 5.75 Å². The number of benzene rings is 3. The summed E-state index contributed by atoms with van der Waals surface area (Å²) in [4.78, 5) is 28.9. The third-order valence-corrected chi connectivity index (χ3v) is 9.82. The van der Waals surface area contributed by atoms with E-state index in [9.17, 15) is 18.0 Å². The number of hydrogen-bond acceptors (Lipinski definition) is 5. The molecule has 4 rings (SSSR count). The van der Waals surface area contributed by atoms with Crippen molar-refractivity contribution in [1.29, 1.82) is 0 Å². The molecule has 3 aromatic carbocycles. The van der Waals surface area contributed by atoms with Gasteiger partial charge < -0.3 is 15.0 Å². The van der Waals surface area contributed by atoms with Crippen LogP contribution >= 0.6 is 23.2 Å². The number of carbonyl (C=O) groups is 2. The third kappa shape index (κ3) is 7.76. The lowest BCUT2D eigenvalue weighted by Crippen LogP contribution is -2.53. The molecular weight excluding hydrogens is 597 g/mol. The molecule has 224 valence electrons. The fourth-order valence-corrected chi connectivity index (χ4v) is 6.87. The van der Waals surface area contributed by atoms with Gasteiger partial charge in [0.1, 0.15) is 18.3 Å². The van der Waals surface area contributed by atoms with Crippen LogP contribution in [0.2, 0.25) is 10.0 Å². The first kappa shape index (κ1) is 31.7. The predicted molar refractivity (Wildman–Crippen MR) is 165 cm³/mol. The largest absolute Gasteiger partial charge is 0.497 e. The smallest absolute Gasteiger partial charge is 0.264 e. The van der Waals surface area contributed by atoms with Gasteiger partial charge in [0.2, 0.25) is 11.8 Å². The predicted octanol–water partition coefficient (Wildman–Crippen LogP) is 6.06. The number of para-hydroxylation sites is 1. The van der Waals surface area contributed by atoms with Gasteiger partial charge in [0.15, 0.2) is 0 Å². The molecule has 1 fully saturated rings. The summed E-state index contributed by atoms with van der Waals surface area (Å²) in [6.45, 7) is 1.09. The van der Waals surface area contributed by atoms with E-state index < -0.39 is 28.5 Å². The Labute approximate surface area is 257 Å². The molecule has 0 radical (unpaired) electrons. The normalized spacial score (nSPS) is 14.6. The fourth-order valence-electron chi connectivity index (χ4n) is 4.98. The Hall–Kier alpha value is -3.27. The topological polar surface area (TPSA) is 96.0 Å².